The van der Waals surface area contributed by atoms with Gasteiger partial charge in [0.25, 0.3) is 0 Å². The van der Waals surface area contributed by atoms with Gasteiger partial charge < -0.3 is 19.5 Å². The van der Waals surface area contributed by atoms with E-state index in [2.05, 4.69) is 20.0 Å². The van der Waals surface area contributed by atoms with Gasteiger partial charge >= 0.3 is 12.5 Å². The van der Waals surface area contributed by atoms with Gasteiger partial charge in [0.05, 0.1) is 23.9 Å². The maximum atomic E-state index is 14.7. The van der Waals surface area contributed by atoms with E-state index in [0.717, 1.165) is 23.2 Å². The minimum atomic E-state index is -4.96. The number of cyclic esters (lactones) is 1. The van der Waals surface area contributed by atoms with Gasteiger partial charge in [0.1, 0.15) is 24.2 Å². The standard InChI is InChI=1S/C22H25F5N4O4/c1-11(14-7-6-13(8-15(14)23)35-22(25,26)27)29-19-28-9-16(24)18(30-19)31-17(10-33-20(31)32)12(2)34-21(3,4)5/h6-9,11-12,17H,10H2,1-5H3,(H,28,29,30)/t11-,12+,17+/m0/s1. The molecule has 0 aliphatic carbocycles. The normalized spacial score (nSPS) is 18.3. The Kier molecular flexibility index (Phi) is 7.39. The van der Waals surface area contributed by atoms with Crippen LogP contribution < -0.4 is 15.0 Å². The van der Waals surface area contributed by atoms with Crippen molar-refractivity contribution in [2.75, 3.05) is 16.8 Å². The van der Waals surface area contributed by atoms with Crippen LogP contribution in [0.15, 0.2) is 24.4 Å². The number of hydrogen-bond acceptors (Lipinski definition) is 7. The number of benzene rings is 1. The molecule has 0 spiro atoms. The fraction of sp³-hybridized carbons (Fsp3) is 0.500. The first kappa shape index (κ1) is 26.4. The van der Waals surface area contributed by atoms with E-state index in [-0.39, 0.29) is 23.9 Å². The zero-order chi connectivity index (χ0) is 26.1. The summed E-state index contributed by atoms with van der Waals surface area (Å²) in [5, 5.41) is 2.75. The summed E-state index contributed by atoms with van der Waals surface area (Å²) >= 11 is 0. The number of halogens is 5. The van der Waals surface area contributed by atoms with Crippen LogP contribution >= 0.6 is 0 Å². The smallest absolute Gasteiger partial charge is 0.447 e. The van der Waals surface area contributed by atoms with Crippen molar-refractivity contribution in [3.63, 3.8) is 0 Å². The van der Waals surface area contributed by atoms with E-state index >= 15 is 0 Å². The Bertz CT molecular complexity index is 1080. The minimum absolute atomic E-state index is 0.0142. The highest BCUT2D eigenvalue weighted by atomic mass is 19.4. The number of hydrogen-bond donors (Lipinski definition) is 1. The zero-order valence-electron chi connectivity index (χ0n) is 19.6. The number of alkyl halides is 3. The molecule has 1 N–H and O–H groups in total. The van der Waals surface area contributed by atoms with Crippen molar-refractivity contribution in [2.45, 2.75) is 64.8 Å². The number of anilines is 2. The van der Waals surface area contributed by atoms with Gasteiger partial charge in [0.2, 0.25) is 5.95 Å². The summed E-state index contributed by atoms with van der Waals surface area (Å²) in [7, 11) is 0. The first-order chi connectivity index (χ1) is 16.1. The topological polar surface area (TPSA) is 85.8 Å². The summed E-state index contributed by atoms with van der Waals surface area (Å²) in [5.74, 6) is -3.08. The predicted molar refractivity (Wildman–Crippen MR) is 115 cm³/mol. The lowest BCUT2D eigenvalue weighted by Gasteiger charge is -2.31. The second kappa shape index (κ2) is 9.80. The Labute approximate surface area is 198 Å². The Morgan fingerprint density at radius 1 is 1.17 bits per heavy atom. The predicted octanol–water partition coefficient (Wildman–Crippen LogP) is 5.36. The maximum Gasteiger partial charge on any atom is 0.573 e. The van der Waals surface area contributed by atoms with E-state index in [1.807, 2.05) is 20.8 Å². The van der Waals surface area contributed by atoms with Crippen LogP contribution in [0, 0.1) is 11.6 Å². The quantitative estimate of drug-likeness (QED) is 0.509. The molecule has 1 fully saturated rings. The molecule has 0 bridgehead atoms. The van der Waals surface area contributed by atoms with E-state index < -0.39 is 53.6 Å². The fourth-order valence-corrected chi connectivity index (χ4v) is 3.59. The van der Waals surface area contributed by atoms with Gasteiger partial charge in [-0.25, -0.2) is 23.5 Å². The van der Waals surface area contributed by atoms with Crippen molar-refractivity contribution >= 4 is 17.9 Å². The van der Waals surface area contributed by atoms with Crippen LogP contribution in [0.5, 0.6) is 5.75 Å². The summed E-state index contributed by atoms with van der Waals surface area (Å²) in [6.07, 6.45) is -5.47. The van der Waals surface area contributed by atoms with Crippen molar-refractivity contribution in [3.05, 3.63) is 41.6 Å². The molecule has 0 unspecified atom stereocenters. The number of carbonyl (C=O) groups is 1. The van der Waals surface area contributed by atoms with E-state index in [1.165, 1.54) is 6.92 Å². The van der Waals surface area contributed by atoms with Gasteiger partial charge in [-0.3, -0.25) is 0 Å². The van der Waals surface area contributed by atoms with E-state index in [4.69, 9.17) is 9.47 Å². The number of nitrogens with one attached hydrogen (secondary N) is 1. The van der Waals surface area contributed by atoms with Crippen LogP contribution in [-0.2, 0) is 9.47 Å². The number of ether oxygens (including phenoxy) is 3. The van der Waals surface area contributed by atoms with Crippen LogP contribution in [0.2, 0.25) is 0 Å². The van der Waals surface area contributed by atoms with Crippen LogP contribution in [0.4, 0.5) is 38.5 Å². The number of aromatic nitrogens is 2. The lowest BCUT2D eigenvalue weighted by molar-refractivity contribution is -0.274. The van der Waals surface area contributed by atoms with E-state index in [9.17, 15) is 26.7 Å². The first-order valence-electron chi connectivity index (χ1n) is 10.6. The average molecular weight is 504 g/mol. The molecule has 1 aromatic carbocycles. The third kappa shape index (κ3) is 6.68. The molecule has 3 atom stereocenters. The van der Waals surface area contributed by atoms with Crippen molar-refractivity contribution < 1.29 is 41.0 Å². The van der Waals surface area contributed by atoms with Crippen molar-refractivity contribution in [1.29, 1.82) is 0 Å². The van der Waals surface area contributed by atoms with Gasteiger partial charge in [-0.1, -0.05) is 6.07 Å². The molecule has 8 nitrogen and oxygen atoms in total. The molecule has 1 saturated heterocycles. The second-order valence-electron chi connectivity index (χ2n) is 8.91. The number of amides is 1. The van der Waals surface area contributed by atoms with E-state index in [0.29, 0.717) is 6.07 Å². The number of rotatable bonds is 7. The lowest BCUT2D eigenvalue weighted by atomic mass is 10.1. The van der Waals surface area contributed by atoms with Gasteiger partial charge in [0, 0.05) is 11.6 Å². The first-order valence-corrected chi connectivity index (χ1v) is 10.6. The Hall–Kier alpha value is -3.22. The monoisotopic (exact) mass is 504 g/mol. The average Bonchev–Trinajstić information content (AvgIpc) is 3.08. The molecule has 1 aliphatic heterocycles. The summed E-state index contributed by atoms with van der Waals surface area (Å²) in [5.41, 5.74) is -0.548. The molecule has 3 rings (SSSR count). The molecule has 0 radical (unpaired) electrons. The molecule has 2 aromatic rings. The highest BCUT2D eigenvalue weighted by Gasteiger charge is 2.42. The lowest BCUT2D eigenvalue weighted by Crippen LogP contribution is -2.45. The van der Waals surface area contributed by atoms with Crippen molar-refractivity contribution in [3.8, 4) is 5.75 Å². The molecule has 0 saturated carbocycles. The van der Waals surface area contributed by atoms with Crippen LogP contribution in [-0.4, -0.2) is 46.8 Å². The van der Waals surface area contributed by atoms with Gasteiger partial charge in [-0.15, -0.1) is 13.2 Å². The highest BCUT2D eigenvalue weighted by Crippen LogP contribution is 2.31. The molecule has 1 amide bonds. The molecule has 13 heteroatoms. The van der Waals surface area contributed by atoms with Crippen LogP contribution in [0.3, 0.4) is 0 Å². The van der Waals surface area contributed by atoms with Gasteiger partial charge in [-0.2, -0.15) is 4.98 Å². The molecular formula is C22H25F5N4O4. The Balaban J connectivity index is 1.82. The molecule has 1 aromatic heterocycles. The minimum Gasteiger partial charge on any atom is -0.447 e. The third-order valence-electron chi connectivity index (χ3n) is 4.96. The second-order valence-corrected chi connectivity index (χ2v) is 8.91. The number of nitrogens with zero attached hydrogens (tertiary/aromatic N) is 3. The van der Waals surface area contributed by atoms with Crippen LogP contribution in [0.25, 0.3) is 0 Å². The molecule has 1 aliphatic rings. The Morgan fingerprint density at radius 2 is 1.86 bits per heavy atom. The Morgan fingerprint density at radius 3 is 2.46 bits per heavy atom. The SMILES string of the molecule is C[C@H](Nc1ncc(F)c(N2C(=O)OC[C@@H]2[C@@H](C)OC(C)(C)C)n1)c1ccc(OC(F)(F)F)cc1F. The van der Waals surface area contributed by atoms with Gasteiger partial charge in [-0.05, 0) is 40.7 Å². The molecule has 35 heavy (non-hydrogen) atoms. The van der Waals surface area contributed by atoms with Crippen molar-refractivity contribution in [2.24, 2.45) is 0 Å². The molecule has 2 heterocycles. The summed E-state index contributed by atoms with van der Waals surface area (Å²) in [6.45, 7) is 8.68. The van der Waals surface area contributed by atoms with Crippen molar-refractivity contribution in [1.82, 2.24) is 9.97 Å². The van der Waals surface area contributed by atoms with E-state index in [1.54, 1.807) is 6.92 Å². The maximum absolute atomic E-state index is 14.7. The number of carbonyl (C=O) groups excluding carboxylic acids is 1. The zero-order valence-corrected chi connectivity index (χ0v) is 19.6. The van der Waals surface area contributed by atoms with Crippen LogP contribution in [0.1, 0.15) is 46.2 Å². The third-order valence-corrected chi connectivity index (χ3v) is 4.96. The summed E-state index contributed by atoms with van der Waals surface area (Å²) in [6, 6.07) is 1.16. The fourth-order valence-electron chi connectivity index (χ4n) is 3.59. The largest absolute Gasteiger partial charge is 0.573 e. The molecular weight excluding hydrogens is 479 g/mol. The van der Waals surface area contributed by atoms with Gasteiger partial charge in [0.15, 0.2) is 11.6 Å². The summed E-state index contributed by atoms with van der Waals surface area (Å²) < 4.78 is 80.8. The molecule has 192 valence electrons. The summed E-state index contributed by atoms with van der Waals surface area (Å²) in [4.78, 5) is 21.3. The highest BCUT2D eigenvalue weighted by molar-refractivity contribution is 5.89.